The fourth-order valence-electron chi connectivity index (χ4n) is 1.11. The summed E-state index contributed by atoms with van der Waals surface area (Å²) in [5.74, 6) is -1.50. The van der Waals surface area contributed by atoms with Crippen molar-refractivity contribution in [3.05, 3.63) is 42.7 Å². The monoisotopic (exact) mass is 279 g/mol. The van der Waals surface area contributed by atoms with Gasteiger partial charge in [0.15, 0.2) is 0 Å². The van der Waals surface area contributed by atoms with Crippen LogP contribution < -0.4 is 16.2 Å². The Labute approximate surface area is 119 Å². The summed E-state index contributed by atoms with van der Waals surface area (Å²) in [7, 11) is 0. The zero-order chi connectivity index (χ0) is 15.4. The maximum absolute atomic E-state index is 11.2. The highest BCUT2D eigenvalue weighted by atomic mass is 16.5. The molecule has 110 valence electrons. The van der Waals surface area contributed by atoms with Gasteiger partial charge in [0.2, 0.25) is 0 Å². The van der Waals surface area contributed by atoms with E-state index in [0.717, 1.165) is 5.69 Å². The Kier molecular flexibility index (Phi) is 9.12. The summed E-state index contributed by atoms with van der Waals surface area (Å²) in [6, 6.07) is 9.25. The Bertz CT molecular complexity index is 433. The molecule has 0 radical (unpaired) electrons. The molecule has 0 heterocycles. The third kappa shape index (κ3) is 7.05. The summed E-state index contributed by atoms with van der Waals surface area (Å²) >= 11 is 0. The zero-order valence-electron chi connectivity index (χ0n) is 12.0. The lowest BCUT2D eigenvalue weighted by Crippen LogP contribution is -2.43. The highest BCUT2D eigenvalue weighted by molar-refractivity contribution is 6.32. The molecule has 0 saturated heterocycles. The third-order valence-corrected chi connectivity index (χ3v) is 1.86. The Morgan fingerprint density at radius 2 is 1.75 bits per heavy atom. The molecule has 1 rings (SSSR count). The fourth-order valence-corrected chi connectivity index (χ4v) is 1.11. The molecule has 1 aromatic rings. The molecule has 0 saturated carbocycles. The summed E-state index contributed by atoms with van der Waals surface area (Å²) in [6.07, 6.45) is 0. The van der Waals surface area contributed by atoms with Gasteiger partial charge in [0.05, 0.1) is 6.61 Å². The number of ether oxygens (including phenoxy) is 1. The van der Waals surface area contributed by atoms with Crippen molar-refractivity contribution in [3.63, 3.8) is 0 Å². The molecule has 0 fully saturated rings. The van der Waals surface area contributed by atoms with E-state index in [0.29, 0.717) is 5.82 Å². The minimum absolute atomic E-state index is 0.148. The van der Waals surface area contributed by atoms with Crippen LogP contribution >= 0.6 is 0 Å². The van der Waals surface area contributed by atoms with Gasteiger partial charge in [0, 0.05) is 5.69 Å². The third-order valence-electron chi connectivity index (χ3n) is 1.86. The largest absolute Gasteiger partial charge is 0.459 e. The van der Waals surface area contributed by atoms with Crippen molar-refractivity contribution in [2.24, 2.45) is 0 Å². The van der Waals surface area contributed by atoms with Crippen LogP contribution in [0, 0.1) is 0 Å². The highest BCUT2D eigenvalue weighted by Gasteiger charge is 2.13. The average molecular weight is 279 g/mol. The summed E-state index contributed by atoms with van der Waals surface area (Å²) in [5, 5.41) is 2.90. The SMILES string of the molecule is C=C(NNC(=O)C(=O)OCC)Nc1ccccc1.CC. The van der Waals surface area contributed by atoms with E-state index in [4.69, 9.17) is 0 Å². The second-order valence-electron chi connectivity index (χ2n) is 3.27. The lowest BCUT2D eigenvalue weighted by molar-refractivity contribution is -0.154. The number of carbonyl (C=O) groups is 2. The molecule has 0 spiro atoms. The van der Waals surface area contributed by atoms with Gasteiger partial charge in [0.25, 0.3) is 0 Å². The normalized spacial score (nSPS) is 8.55. The molecule has 0 aliphatic heterocycles. The van der Waals surface area contributed by atoms with E-state index < -0.39 is 11.9 Å². The van der Waals surface area contributed by atoms with Crippen molar-refractivity contribution in [3.8, 4) is 0 Å². The van der Waals surface area contributed by atoms with Crippen LogP contribution in [-0.4, -0.2) is 18.5 Å². The maximum atomic E-state index is 11.2. The van der Waals surface area contributed by atoms with Crippen LogP contribution in [0.15, 0.2) is 42.7 Å². The van der Waals surface area contributed by atoms with Gasteiger partial charge < -0.3 is 10.1 Å². The van der Waals surface area contributed by atoms with E-state index in [-0.39, 0.29) is 6.61 Å². The van der Waals surface area contributed by atoms with Crippen LogP contribution in [0.4, 0.5) is 5.69 Å². The summed E-state index contributed by atoms with van der Waals surface area (Å²) in [6.45, 7) is 9.41. The second kappa shape index (κ2) is 10.4. The molecule has 0 atom stereocenters. The first-order valence-electron chi connectivity index (χ1n) is 6.37. The van der Waals surface area contributed by atoms with Gasteiger partial charge in [-0.25, -0.2) is 4.79 Å². The molecule has 0 unspecified atom stereocenters. The van der Waals surface area contributed by atoms with E-state index in [1.54, 1.807) is 6.92 Å². The molecule has 0 aromatic heterocycles. The zero-order valence-corrected chi connectivity index (χ0v) is 12.0. The fraction of sp³-hybridized carbons (Fsp3) is 0.286. The second-order valence-corrected chi connectivity index (χ2v) is 3.27. The topological polar surface area (TPSA) is 79.5 Å². The van der Waals surface area contributed by atoms with Gasteiger partial charge in [0.1, 0.15) is 5.82 Å². The minimum Gasteiger partial charge on any atom is -0.459 e. The molecule has 6 heteroatoms. The molecular weight excluding hydrogens is 258 g/mol. The van der Waals surface area contributed by atoms with Gasteiger partial charge in [-0.05, 0) is 19.1 Å². The minimum atomic E-state index is -0.947. The number of hydrogen-bond acceptors (Lipinski definition) is 5. The van der Waals surface area contributed by atoms with E-state index in [2.05, 4.69) is 27.5 Å². The first-order chi connectivity index (χ1) is 9.63. The first kappa shape index (κ1) is 17.5. The molecule has 6 nitrogen and oxygen atoms in total. The van der Waals surface area contributed by atoms with Crippen molar-refractivity contribution >= 4 is 17.6 Å². The molecule has 0 aliphatic carbocycles. The molecule has 1 amide bonds. The van der Waals surface area contributed by atoms with Gasteiger partial charge in [-0.1, -0.05) is 38.6 Å². The lowest BCUT2D eigenvalue weighted by atomic mass is 10.3. The molecule has 0 aliphatic rings. The number of anilines is 1. The summed E-state index contributed by atoms with van der Waals surface area (Å²) in [4.78, 5) is 22.2. The van der Waals surface area contributed by atoms with Crippen molar-refractivity contribution in [2.45, 2.75) is 20.8 Å². The average Bonchev–Trinajstić information content (AvgIpc) is 2.48. The van der Waals surface area contributed by atoms with Crippen molar-refractivity contribution < 1.29 is 14.3 Å². The number of amides is 1. The molecule has 20 heavy (non-hydrogen) atoms. The number of esters is 1. The number of hydrogen-bond donors (Lipinski definition) is 3. The van der Waals surface area contributed by atoms with Crippen molar-refractivity contribution in [2.75, 3.05) is 11.9 Å². The van der Waals surface area contributed by atoms with Gasteiger partial charge in [-0.15, -0.1) is 0 Å². The quantitative estimate of drug-likeness (QED) is 0.435. The summed E-state index contributed by atoms with van der Waals surface area (Å²) < 4.78 is 4.51. The standard InChI is InChI=1S/C12H15N3O3.C2H6/c1-3-18-12(17)11(16)15-14-9(2)13-10-7-5-4-6-8-10;1-2/h4-8,13-14H,2-3H2,1H3,(H,15,16);1-2H3. The number of hydrazine groups is 1. The van der Waals surface area contributed by atoms with E-state index in [1.807, 2.05) is 44.2 Å². The van der Waals surface area contributed by atoms with Crippen LogP contribution in [0.3, 0.4) is 0 Å². The van der Waals surface area contributed by atoms with Crippen LogP contribution in [0.1, 0.15) is 20.8 Å². The van der Waals surface area contributed by atoms with Gasteiger partial charge in [-0.2, -0.15) is 0 Å². The van der Waals surface area contributed by atoms with Gasteiger partial charge in [-0.3, -0.25) is 15.6 Å². The molecular formula is C14H21N3O3. The number of benzene rings is 1. The molecule has 1 aromatic carbocycles. The summed E-state index contributed by atoms with van der Waals surface area (Å²) in [5.41, 5.74) is 5.43. The van der Waals surface area contributed by atoms with Crippen molar-refractivity contribution in [1.82, 2.24) is 10.9 Å². The van der Waals surface area contributed by atoms with Crippen LogP contribution in [0.25, 0.3) is 0 Å². The number of carbonyl (C=O) groups excluding carboxylic acids is 2. The number of para-hydroxylation sites is 1. The Morgan fingerprint density at radius 3 is 2.30 bits per heavy atom. The van der Waals surface area contributed by atoms with Crippen molar-refractivity contribution in [1.29, 1.82) is 0 Å². The number of rotatable bonds is 5. The van der Waals surface area contributed by atoms with E-state index >= 15 is 0 Å². The lowest BCUT2D eigenvalue weighted by Gasteiger charge is -2.12. The Balaban J connectivity index is 0.00000172. The van der Waals surface area contributed by atoms with Crippen LogP contribution in [0.2, 0.25) is 0 Å². The predicted molar refractivity (Wildman–Crippen MR) is 78.5 cm³/mol. The highest BCUT2D eigenvalue weighted by Crippen LogP contribution is 2.05. The smallest absolute Gasteiger partial charge is 0.398 e. The first-order valence-corrected chi connectivity index (χ1v) is 6.37. The van der Waals surface area contributed by atoms with Gasteiger partial charge >= 0.3 is 11.9 Å². The van der Waals surface area contributed by atoms with E-state index in [9.17, 15) is 9.59 Å². The van der Waals surface area contributed by atoms with E-state index in [1.165, 1.54) is 0 Å². The Morgan fingerprint density at radius 1 is 1.15 bits per heavy atom. The predicted octanol–water partition coefficient (Wildman–Crippen LogP) is 1.78. The maximum Gasteiger partial charge on any atom is 0.398 e. The number of nitrogens with one attached hydrogen (secondary N) is 3. The Hall–Kier alpha value is -2.50. The molecule has 3 N–H and O–H groups in total. The van der Waals surface area contributed by atoms with Crippen LogP contribution in [0.5, 0.6) is 0 Å². The van der Waals surface area contributed by atoms with Crippen LogP contribution in [-0.2, 0) is 14.3 Å². The molecule has 0 bridgehead atoms.